The van der Waals surface area contributed by atoms with Gasteiger partial charge in [-0.1, -0.05) is 54.1 Å². The number of carbonyl (C=O) groups is 1. The molecule has 13 atom stereocenters. The van der Waals surface area contributed by atoms with E-state index in [0.29, 0.717) is 19.3 Å². The maximum Gasteiger partial charge on any atom is 0.314 e. The van der Waals surface area contributed by atoms with Gasteiger partial charge in [-0.2, -0.15) is 0 Å². The number of hydrogen-bond donors (Lipinski definition) is 2. The van der Waals surface area contributed by atoms with Crippen molar-refractivity contribution in [3.63, 3.8) is 0 Å². The number of esters is 1. The molecule has 0 radical (unpaired) electrons. The van der Waals surface area contributed by atoms with E-state index in [-0.39, 0.29) is 24.5 Å². The molecular weight excluding hydrogens is 612 g/mol. The molecule has 0 unspecified atom stereocenters. The minimum Gasteiger partial charge on any atom is -0.458 e. The number of rotatable bonds is 7. The summed E-state index contributed by atoms with van der Waals surface area (Å²) < 4.78 is 41.9. The van der Waals surface area contributed by atoms with Gasteiger partial charge in [-0.3, -0.25) is 4.79 Å². The number of methoxy groups -OCH3 is 3. The van der Waals surface area contributed by atoms with Crippen LogP contribution in [-0.4, -0.2) is 98.4 Å². The number of fused-ring (bicyclic) bond motifs is 2. The number of ether oxygens (including phenoxy) is 7. The van der Waals surface area contributed by atoms with Gasteiger partial charge in [0, 0.05) is 40.1 Å². The van der Waals surface area contributed by atoms with Gasteiger partial charge in [0.2, 0.25) is 0 Å². The third-order valence-corrected chi connectivity index (χ3v) is 8.99. The molecule has 3 rings (SSSR count). The number of carbonyl (C=O) groups excluding carboxylic acids is 1. The van der Waals surface area contributed by atoms with Crippen LogP contribution >= 0.6 is 15.9 Å². The molecule has 2 saturated heterocycles. The van der Waals surface area contributed by atoms with E-state index >= 15 is 0 Å². The molecule has 0 aromatic rings. The van der Waals surface area contributed by atoms with Crippen molar-refractivity contribution in [1.82, 2.24) is 0 Å². The SMILES string of the molecule is CO[C@@H]1[C@@H](OC)[C@H](C)O[C@@H](O[C@@H]2C[C@H]3O[C@@](O)(C2)[C@@H](C)C(=O)O[C@@H](/C=C\C=C\Br)C[C@@H](C)C/C=C\[C@H](O)[C@@H]3C)[C@@H]1OC. The highest BCUT2D eigenvalue weighted by Gasteiger charge is 2.52. The molecule has 11 heteroatoms. The van der Waals surface area contributed by atoms with Gasteiger partial charge in [0.15, 0.2) is 12.1 Å². The molecule has 0 aromatic heterocycles. The number of cyclic esters (lactones) is 1. The molecule has 0 saturated carbocycles. The van der Waals surface area contributed by atoms with Gasteiger partial charge in [0.05, 0.1) is 24.4 Å². The van der Waals surface area contributed by atoms with Crippen molar-refractivity contribution in [2.24, 2.45) is 17.8 Å². The predicted molar refractivity (Wildman–Crippen MR) is 160 cm³/mol. The minimum absolute atomic E-state index is 0.0162. The molecule has 42 heavy (non-hydrogen) atoms. The fraction of sp³-hybridized carbons (Fsp3) is 0.774. The normalized spacial score (nSPS) is 45.0. The highest BCUT2D eigenvalue weighted by atomic mass is 79.9. The maximum absolute atomic E-state index is 13.5. The Hall–Kier alpha value is -1.15. The lowest BCUT2D eigenvalue weighted by Gasteiger charge is -2.48. The van der Waals surface area contributed by atoms with E-state index in [0.717, 1.165) is 0 Å². The van der Waals surface area contributed by atoms with Gasteiger partial charge < -0.3 is 43.4 Å². The van der Waals surface area contributed by atoms with Crippen LogP contribution in [-0.2, 0) is 38.0 Å². The van der Waals surface area contributed by atoms with Crippen LogP contribution in [0.5, 0.6) is 0 Å². The Morgan fingerprint density at radius 1 is 1.02 bits per heavy atom. The van der Waals surface area contributed by atoms with Gasteiger partial charge in [0.25, 0.3) is 0 Å². The van der Waals surface area contributed by atoms with Crippen molar-refractivity contribution in [2.75, 3.05) is 21.3 Å². The molecule has 240 valence electrons. The Morgan fingerprint density at radius 2 is 1.71 bits per heavy atom. The number of allylic oxidation sites excluding steroid dienone is 3. The van der Waals surface area contributed by atoms with Gasteiger partial charge in [0.1, 0.15) is 30.3 Å². The second-order valence-electron chi connectivity index (χ2n) is 11.8. The first-order chi connectivity index (χ1) is 20.0. The summed E-state index contributed by atoms with van der Waals surface area (Å²) in [7, 11) is 4.72. The molecule has 3 heterocycles. The third-order valence-electron chi connectivity index (χ3n) is 8.68. The molecule has 0 aromatic carbocycles. The van der Waals surface area contributed by atoms with E-state index in [9.17, 15) is 15.0 Å². The van der Waals surface area contributed by atoms with E-state index in [1.807, 2.05) is 26.0 Å². The summed E-state index contributed by atoms with van der Waals surface area (Å²) in [6, 6.07) is 0. The van der Waals surface area contributed by atoms with Crippen molar-refractivity contribution in [3.8, 4) is 0 Å². The van der Waals surface area contributed by atoms with Crippen LogP contribution in [0.1, 0.15) is 53.4 Å². The highest BCUT2D eigenvalue weighted by molar-refractivity contribution is 9.11. The lowest BCUT2D eigenvalue weighted by molar-refractivity contribution is -0.348. The predicted octanol–water partition coefficient (Wildman–Crippen LogP) is 4.02. The Kier molecular flexibility index (Phi) is 13.7. The summed E-state index contributed by atoms with van der Waals surface area (Å²) in [5, 5.41) is 23.0. The molecule has 2 N–H and O–H groups in total. The Bertz CT molecular complexity index is 943. The smallest absolute Gasteiger partial charge is 0.314 e. The summed E-state index contributed by atoms with van der Waals surface area (Å²) >= 11 is 3.24. The molecule has 0 aliphatic carbocycles. The van der Waals surface area contributed by atoms with Crippen molar-refractivity contribution in [2.45, 2.75) is 114 Å². The molecule has 2 fully saturated rings. The fourth-order valence-corrected chi connectivity index (χ4v) is 6.19. The van der Waals surface area contributed by atoms with Crippen LogP contribution in [0, 0.1) is 17.8 Å². The van der Waals surface area contributed by atoms with Crippen molar-refractivity contribution < 1.29 is 48.2 Å². The number of aliphatic hydroxyl groups is 2. The molecule has 3 aliphatic heterocycles. The molecule has 0 amide bonds. The Balaban J connectivity index is 1.92. The van der Waals surface area contributed by atoms with Gasteiger partial charge >= 0.3 is 5.97 Å². The minimum atomic E-state index is -1.92. The van der Waals surface area contributed by atoms with Crippen LogP contribution in [0.4, 0.5) is 0 Å². The summed E-state index contributed by atoms with van der Waals surface area (Å²) in [4.78, 5) is 15.2. The fourth-order valence-electron chi connectivity index (χ4n) is 6.02. The van der Waals surface area contributed by atoms with Crippen molar-refractivity contribution in [3.05, 3.63) is 35.4 Å². The second-order valence-corrected chi connectivity index (χ2v) is 12.3. The van der Waals surface area contributed by atoms with Crippen LogP contribution in [0.3, 0.4) is 0 Å². The monoisotopic (exact) mass is 660 g/mol. The zero-order valence-electron chi connectivity index (χ0n) is 25.8. The van der Waals surface area contributed by atoms with Crippen molar-refractivity contribution >= 4 is 21.9 Å². The first-order valence-corrected chi connectivity index (χ1v) is 15.7. The number of aliphatic hydroxyl groups excluding tert-OH is 1. The van der Waals surface area contributed by atoms with Gasteiger partial charge in [-0.15, -0.1) is 0 Å². The van der Waals surface area contributed by atoms with E-state index in [1.54, 1.807) is 51.5 Å². The molecule has 0 spiro atoms. The van der Waals surface area contributed by atoms with Gasteiger partial charge in [-0.05, 0) is 43.7 Å². The summed E-state index contributed by atoms with van der Waals surface area (Å²) in [6.07, 6.45) is 5.56. The molecule has 2 bridgehead atoms. The van der Waals surface area contributed by atoms with E-state index in [4.69, 9.17) is 33.2 Å². The third kappa shape index (κ3) is 8.73. The van der Waals surface area contributed by atoms with E-state index in [2.05, 4.69) is 22.9 Å². The van der Waals surface area contributed by atoms with Crippen LogP contribution < -0.4 is 0 Å². The first kappa shape index (κ1) is 35.3. The van der Waals surface area contributed by atoms with Crippen LogP contribution in [0.15, 0.2) is 35.4 Å². The molecule has 3 aliphatic rings. The van der Waals surface area contributed by atoms with E-state index < -0.39 is 66.5 Å². The number of hydrogen-bond acceptors (Lipinski definition) is 10. The maximum atomic E-state index is 13.5. The average Bonchev–Trinajstić information content (AvgIpc) is 2.95. The lowest BCUT2D eigenvalue weighted by atomic mass is 9.84. The van der Waals surface area contributed by atoms with Crippen LogP contribution in [0.2, 0.25) is 0 Å². The molecule has 10 nitrogen and oxygen atoms in total. The summed E-state index contributed by atoms with van der Waals surface area (Å²) in [5.41, 5.74) is 0. The number of halogens is 1. The standard InChI is InChI=1S/C31H49BrO10/c1-18-11-10-13-24(33)19(2)25-16-23(41-30-28(38-7)27(37-6)26(36-5)21(4)39-30)17-31(35,42-25)20(3)29(34)40-22(15-18)12-8-9-14-32/h8-10,12-14,18-28,30,33,35H,11,15-17H2,1-7H3/b12-8-,13-10-,14-9+/t18-,19-,20-,21-,22-,23+,24-,25+,26-,27+,28+,30-,31-/m0/s1. The topological polar surface area (TPSA) is 122 Å². The van der Waals surface area contributed by atoms with Crippen molar-refractivity contribution in [1.29, 1.82) is 0 Å². The summed E-state index contributed by atoms with van der Waals surface area (Å²) in [5.74, 6) is -3.75. The quantitative estimate of drug-likeness (QED) is 0.235. The summed E-state index contributed by atoms with van der Waals surface area (Å²) in [6.45, 7) is 7.40. The lowest BCUT2D eigenvalue weighted by Crippen LogP contribution is -2.61. The zero-order chi connectivity index (χ0) is 31.0. The zero-order valence-corrected chi connectivity index (χ0v) is 27.3. The molecular formula is C31H49BrO10. The largest absolute Gasteiger partial charge is 0.458 e. The second kappa shape index (κ2) is 16.2. The van der Waals surface area contributed by atoms with E-state index in [1.165, 1.54) is 0 Å². The Labute approximate surface area is 258 Å². The van der Waals surface area contributed by atoms with Crippen LogP contribution in [0.25, 0.3) is 0 Å². The first-order valence-electron chi connectivity index (χ1n) is 14.8. The highest BCUT2D eigenvalue weighted by Crippen LogP contribution is 2.40. The van der Waals surface area contributed by atoms with Gasteiger partial charge in [-0.25, -0.2) is 0 Å². The average molecular weight is 662 g/mol. The Morgan fingerprint density at radius 3 is 2.36 bits per heavy atom.